The standard InChI is InChI=1S/C13H16BrFN2/c1-2-7-17-8-3-4-13(17)16-12-6-5-10(15)9-11(12)14/h5-6,9H,2-4,7-8H2,1H3. The molecule has 1 aromatic rings. The van der Waals surface area contributed by atoms with E-state index in [4.69, 9.17) is 0 Å². The van der Waals surface area contributed by atoms with Gasteiger partial charge in [0.2, 0.25) is 0 Å². The van der Waals surface area contributed by atoms with Crippen LogP contribution in [0.3, 0.4) is 0 Å². The number of rotatable bonds is 3. The third-order valence-corrected chi connectivity index (χ3v) is 3.48. The average molecular weight is 299 g/mol. The molecule has 0 unspecified atom stereocenters. The molecule has 17 heavy (non-hydrogen) atoms. The van der Waals surface area contributed by atoms with Gasteiger partial charge in [-0.25, -0.2) is 9.38 Å². The summed E-state index contributed by atoms with van der Waals surface area (Å²) >= 11 is 3.35. The van der Waals surface area contributed by atoms with E-state index in [1.807, 2.05) is 0 Å². The molecule has 0 radical (unpaired) electrons. The monoisotopic (exact) mass is 298 g/mol. The Bertz CT molecular complexity index is 431. The number of hydrogen-bond donors (Lipinski definition) is 0. The largest absolute Gasteiger partial charge is 0.360 e. The highest BCUT2D eigenvalue weighted by molar-refractivity contribution is 9.10. The lowest BCUT2D eigenvalue weighted by molar-refractivity contribution is 0.452. The lowest BCUT2D eigenvalue weighted by atomic mass is 10.3. The van der Waals surface area contributed by atoms with Crippen LogP contribution in [-0.2, 0) is 0 Å². The maximum atomic E-state index is 13.0. The third-order valence-electron chi connectivity index (χ3n) is 2.85. The molecular weight excluding hydrogens is 283 g/mol. The second kappa shape index (κ2) is 5.63. The van der Waals surface area contributed by atoms with Crippen LogP contribution in [0, 0.1) is 5.82 Å². The molecule has 0 amide bonds. The minimum atomic E-state index is -0.238. The Hall–Kier alpha value is -0.900. The van der Waals surface area contributed by atoms with Crippen LogP contribution in [0.2, 0.25) is 0 Å². The number of hydrogen-bond acceptors (Lipinski definition) is 1. The summed E-state index contributed by atoms with van der Waals surface area (Å²) in [4.78, 5) is 6.94. The molecule has 1 aromatic carbocycles. The van der Waals surface area contributed by atoms with E-state index in [1.54, 1.807) is 6.07 Å². The summed E-state index contributed by atoms with van der Waals surface area (Å²) in [5, 5.41) is 0. The molecule has 0 saturated carbocycles. The van der Waals surface area contributed by atoms with Crippen molar-refractivity contribution in [2.24, 2.45) is 4.99 Å². The summed E-state index contributed by atoms with van der Waals surface area (Å²) in [6.07, 6.45) is 3.31. The molecule has 1 saturated heterocycles. The van der Waals surface area contributed by atoms with E-state index >= 15 is 0 Å². The molecule has 1 heterocycles. The number of amidine groups is 1. The SMILES string of the molecule is CCCN1CCCC1=Nc1ccc(F)cc1Br. The van der Waals surface area contributed by atoms with Crippen molar-refractivity contribution >= 4 is 27.5 Å². The van der Waals surface area contributed by atoms with E-state index in [2.05, 4.69) is 32.7 Å². The van der Waals surface area contributed by atoms with Crippen LogP contribution >= 0.6 is 15.9 Å². The summed E-state index contributed by atoms with van der Waals surface area (Å²) in [5.41, 5.74) is 0.810. The minimum Gasteiger partial charge on any atom is -0.360 e. The first-order valence-corrected chi connectivity index (χ1v) is 6.77. The van der Waals surface area contributed by atoms with E-state index in [0.29, 0.717) is 4.47 Å². The van der Waals surface area contributed by atoms with Gasteiger partial charge in [-0.3, -0.25) is 0 Å². The second-order valence-electron chi connectivity index (χ2n) is 4.21. The van der Waals surface area contributed by atoms with Gasteiger partial charge < -0.3 is 4.90 Å². The number of nitrogens with zero attached hydrogens (tertiary/aromatic N) is 2. The Kier molecular flexibility index (Phi) is 4.15. The maximum Gasteiger partial charge on any atom is 0.124 e. The van der Waals surface area contributed by atoms with Gasteiger partial charge in [-0.05, 0) is 47.0 Å². The highest BCUT2D eigenvalue weighted by atomic mass is 79.9. The Balaban J connectivity index is 2.22. The number of benzene rings is 1. The molecule has 2 rings (SSSR count). The molecule has 92 valence electrons. The molecule has 0 aromatic heterocycles. The Labute approximate surface area is 110 Å². The highest BCUT2D eigenvalue weighted by Crippen LogP contribution is 2.27. The topological polar surface area (TPSA) is 15.6 Å². The highest BCUT2D eigenvalue weighted by Gasteiger charge is 2.17. The third kappa shape index (κ3) is 3.06. The van der Waals surface area contributed by atoms with E-state index in [9.17, 15) is 4.39 Å². The van der Waals surface area contributed by atoms with Crippen LogP contribution < -0.4 is 0 Å². The molecular formula is C13H16BrFN2. The molecule has 1 aliphatic rings. The van der Waals surface area contributed by atoms with Crippen LogP contribution in [0.4, 0.5) is 10.1 Å². The predicted octanol–water partition coefficient (Wildman–Crippen LogP) is 4.12. The minimum absolute atomic E-state index is 0.238. The van der Waals surface area contributed by atoms with Crippen molar-refractivity contribution in [1.29, 1.82) is 0 Å². The summed E-state index contributed by atoms with van der Waals surface area (Å²) in [5.74, 6) is 0.886. The first-order valence-electron chi connectivity index (χ1n) is 5.98. The van der Waals surface area contributed by atoms with Crippen molar-refractivity contribution in [1.82, 2.24) is 4.90 Å². The van der Waals surface area contributed by atoms with Crippen LogP contribution in [-0.4, -0.2) is 23.8 Å². The second-order valence-corrected chi connectivity index (χ2v) is 5.07. The smallest absolute Gasteiger partial charge is 0.124 e. The molecule has 0 bridgehead atoms. The van der Waals surface area contributed by atoms with Gasteiger partial charge in [0.15, 0.2) is 0 Å². The van der Waals surface area contributed by atoms with Crippen molar-refractivity contribution in [3.05, 3.63) is 28.5 Å². The molecule has 0 spiro atoms. The van der Waals surface area contributed by atoms with Gasteiger partial charge in [-0.1, -0.05) is 6.92 Å². The van der Waals surface area contributed by atoms with Gasteiger partial charge in [-0.2, -0.15) is 0 Å². The summed E-state index contributed by atoms with van der Waals surface area (Å²) in [6, 6.07) is 4.62. The van der Waals surface area contributed by atoms with Gasteiger partial charge in [0.25, 0.3) is 0 Å². The van der Waals surface area contributed by atoms with E-state index < -0.39 is 0 Å². The summed E-state index contributed by atoms with van der Waals surface area (Å²) in [6.45, 7) is 4.31. The van der Waals surface area contributed by atoms with Crippen molar-refractivity contribution < 1.29 is 4.39 Å². The van der Waals surface area contributed by atoms with Gasteiger partial charge >= 0.3 is 0 Å². The molecule has 0 N–H and O–H groups in total. The Morgan fingerprint density at radius 3 is 3.00 bits per heavy atom. The first kappa shape index (κ1) is 12.6. The zero-order valence-electron chi connectivity index (χ0n) is 9.92. The first-order chi connectivity index (χ1) is 8.20. The van der Waals surface area contributed by atoms with Gasteiger partial charge in [0, 0.05) is 24.0 Å². The van der Waals surface area contributed by atoms with Gasteiger partial charge in [0.1, 0.15) is 11.7 Å². The maximum absolute atomic E-state index is 13.0. The van der Waals surface area contributed by atoms with E-state index in [1.165, 1.54) is 12.1 Å². The van der Waals surface area contributed by atoms with Gasteiger partial charge in [-0.15, -0.1) is 0 Å². The number of aliphatic imine (C=N–C) groups is 1. The van der Waals surface area contributed by atoms with Gasteiger partial charge in [0.05, 0.1) is 5.69 Å². The quantitative estimate of drug-likeness (QED) is 0.819. The van der Waals surface area contributed by atoms with Crippen molar-refractivity contribution in [2.45, 2.75) is 26.2 Å². The molecule has 0 aliphatic carbocycles. The zero-order chi connectivity index (χ0) is 12.3. The molecule has 0 atom stereocenters. The van der Waals surface area contributed by atoms with Crippen LogP contribution in [0.25, 0.3) is 0 Å². The van der Waals surface area contributed by atoms with Crippen LogP contribution in [0.15, 0.2) is 27.7 Å². The summed E-state index contributed by atoms with van der Waals surface area (Å²) in [7, 11) is 0. The van der Waals surface area contributed by atoms with E-state index in [0.717, 1.165) is 43.9 Å². The van der Waals surface area contributed by atoms with E-state index in [-0.39, 0.29) is 5.82 Å². The van der Waals surface area contributed by atoms with Crippen LogP contribution in [0.1, 0.15) is 26.2 Å². The Morgan fingerprint density at radius 2 is 2.29 bits per heavy atom. The fourth-order valence-electron chi connectivity index (χ4n) is 2.06. The number of halogens is 2. The molecule has 1 fully saturated rings. The van der Waals surface area contributed by atoms with Crippen molar-refractivity contribution in [2.75, 3.05) is 13.1 Å². The normalized spacial score (nSPS) is 18.1. The fourth-order valence-corrected chi connectivity index (χ4v) is 2.50. The number of likely N-dealkylation sites (tertiary alicyclic amines) is 1. The average Bonchev–Trinajstić information content (AvgIpc) is 2.71. The predicted molar refractivity (Wildman–Crippen MR) is 72.3 cm³/mol. The van der Waals surface area contributed by atoms with Crippen molar-refractivity contribution in [3.63, 3.8) is 0 Å². The molecule has 2 nitrogen and oxygen atoms in total. The fraction of sp³-hybridized carbons (Fsp3) is 0.462. The van der Waals surface area contributed by atoms with Crippen LogP contribution in [0.5, 0.6) is 0 Å². The molecule has 4 heteroatoms. The Morgan fingerprint density at radius 1 is 1.47 bits per heavy atom. The van der Waals surface area contributed by atoms with Crippen molar-refractivity contribution in [3.8, 4) is 0 Å². The lowest BCUT2D eigenvalue weighted by Gasteiger charge is -2.17. The lowest BCUT2D eigenvalue weighted by Crippen LogP contribution is -2.25. The summed E-state index contributed by atoms with van der Waals surface area (Å²) < 4.78 is 13.7. The molecule has 1 aliphatic heterocycles. The zero-order valence-corrected chi connectivity index (χ0v) is 11.5.